The number of aryl methyl sites for hydroxylation is 2. The summed E-state index contributed by atoms with van der Waals surface area (Å²) in [6.07, 6.45) is 3.51. The smallest absolute Gasteiger partial charge is 0.319 e. The molecule has 3 heteroatoms. The summed E-state index contributed by atoms with van der Waals surface area (Å²) in [7, 11) is 0. The monoisotopic (exact) mass is 308 g/mol. The zero-order valence-corrected chi connectivity index (χ0v) is 13.9. The molecule has 1 saturated carbocycles. The Morgan fingerprint density at radius 2 is 1.83 bits per heavy atom. The molecule has 0 aliphatic heterocycles. The van der Waals surface area contributed by atoms with Gasteiger partial charge in [0.1, 0.15) is 0 Å². The van der Waals surface area contributed by atoms with E-state index >= 15 is 0 Å². The first kappa shape index (κ1) is 15.6. The summed E-state index contributed by atoms with van der Waals surface area (Å²) >= 11 is 0. The largest absolute Gasteiger partial charge is 0.337 e. The van der Waals surface area contributed by atoms with E-state index in [-0.39, 0.29) is 11.4 Å². The average molecular weight is 308 g/mol. The van der Waals surface area contributed by atoms with Crippen molar-refractivity contribution < 1.29 is 4.79 Å². The first-order valence-corrected chi connectivity index (χ1v) is 8.27. The molecule has 1 aliphatic carbocycles. The van der Waals surface area contributed by atoms with Crippen molar-refractivity contribution in [2.24, 2.45) is 0 Å². The number of rotatable bonds is 4. The van der Waals surface area contributed by atoms with Crippen LogP contribution in [0.4, 0.5) is 10.5 Å². The lowest BCUT2D eigenvalue weighted by Crippen LogP contribution is -2.46. The molecule has 0 aromatic heterocycles. The Labute approximate surface area is 138 Å². The minimum absolute atomic E-state index is 0.112. The molecule has 0 saturated heterocycles. The zero-order chi connectivity index (χ0) is 16.3. The van der Waals surface area contributed by atoms with Crippen LogP contribution in [0.3, 0.4) is 0 Å². The maximum atomic E-state index is 12.2. The van der Waals surface area contributed by atoms with Gasteiger partial charge in [-0.05, 0) is 43.9 Å². The van der Waals surface area contributed by atoms with E-state index in [2.05, 4.69) is 47.9 Å². The van der Waals surface area contributed by atoms with E-state index in [0.29, 0.717) is 6.54 Å². The normalized spacial score (nSPS) is 15.6. The molecule has 3 rings (SSSR count). The highest BCUT2D eigenvalue weighted by atomic mass is 16.2. The van der Waals surface area contributed by atoms with Gasteiger partial charge < -0.3 is 10.6 Å². The van der Waals surface area contributed by atoms with Crippen LogP contribution >= 0.6 is 0 Å². The minimum Gasteiger partial charge on any atom is -0.337 e. The third-order valence-electron chi connectivity index (χ3n) is 4.91. The fraction of sp³-hybridized carbons (Fsp3) is 0.350. The number of benzene rings is 2. The van der Waals surface area contributed by atoms with Crippen LogP contribution in [0.15, 0.2) is 48.5 Å². The zero-order valence-electron chi connectivity index (χ0n) is 13.9. The molecular formula is C20H24N2O. The van der Waals surface area contributed by atoms with Crippen molar-refractivity contribution >= 4 is 11.7 Å². The van der Waals surface area contributed by atoms with Crippen LogP contribution in [0, 0.1) is 13.8 Å². The highest BCUT2D eigenvalue weighted by Crippen LogP contribution is 2.43. The lowest BCUT2D eigenvalue weighted by Gasteiger charge is -2.42. The van der Waals surface area contributed by atoms with Crippen molar-refractivity contribution in [2.45, 2.75) is 38.5 Å². The second kappa shape index (κ2) is 6.45. The van der Waals surface area contributed by atoms with Crippen LogP contribution in [0.2, 0.25) is 0 Å². The predicted octanol–water partition coefficient (Wildman–Crippen LogP) is 4.55. The number of amides is 2. The van der Waals surface area contributed by atoms with E-state index in [4.69, 9.17) is 0 Å². The van der Waals surface area contributed by atoms with E-state index < -0.39 is 0 Å². The Kier molecular flexibility index (Phi) is 4.37. The van der Waals surface area contributed by atoms with Gasteiger partial charge in [-0.3, -0.25) is 0 Å². The molecule has 23 heavy (non-hydrogen) atoms. The molecule has 3 nitrogen and oxygen atoms in total. The van der Waals surface area contributed by atoms with Crippen molar-refractivity contribution in [3.05, 3.63) is 65.2 Å². The number of urea groups is 1. The van der Waals surface area contributed by atoms with Gasteiger partial charge in [0.2, 0.25) is 0 Å². The van der Waals surface area contributed by atoms with Crippen LogP contribution in [0.5, 0.6) is 0 Å². The first-order valence-electron chi connectivity index (χ1n) is 8.27. The maximum absolute atomic E-state index is 12.2. The summed E-state index contributed by atoms with van der Waals surface area (Å²) in [5.74, 6) is 0. The number of carbonyl (C=O) groups is 1. The quantitative estimate of drug-likeness (QED) is 0.855. The molecule has 0 bridgehead atoms. The second-order valence-corrected chi connectivity index (χ2v) is 6.63. The minimum atomic E-state index is -0.126. The number of nitrogens with one attached hydrogen (secondary N) is 2. The number of carbonyl (C=O) groups excluding carboxylic acids is 1. The van der Waals surface area contributed by atoms with Crippen molar-refractivity contribution in [3.63, 3.8) is 0 Å². The fourth-order valence-corrected chi connectivity index (χ4v) is 3.33. The van der Waals surface area contributed by atoms with E-state index in [9.17, 15) is 4.79 Å². The van der Waals surface area contributed by atoms with E-state index in [1.807, 2.05) is 25.1 Å². The van der Waals surface area contributed by atoms with Crippen LogP contribution in [0.1, 0.15) is 36.0 Å². The number of hydrogen-bond acceptors (Lipinski definition) is 1. The molecule has 0 heterocycles. The Morgan fingerprint density at radius 1 is 1.09 bits per heavy atom. The van der Waals surface area contributed by atoms with Crippen molar-refractivity contribution in [1.29, 1.82) is 0 Å². The summed E-state index contributed by atoms with van der Waals surface area (Å²) < 4.78 is 0. The van der Waals surface area contributed by atoms with E-state index in [0.717, 1.165) is 24.1 Å². The van der Waals surface area contributed by atoms with Crippen molar-refractivity contribution in [1.82, 2.24) is 5.32 Å². The molecule has 120 valence electrons. The SMILES string of the molecule is Cc1ccc(NC(=O)NCC2(c3ccccc3)CCC2)c(C)c1. The summed E-state index contributed by atoms with van der Waals surface area (Å²) in [5.41, 5.74) is 4.60. The van der Waals surface area contributed by atoms with Gasteiger partial charge in [-0.1, -0.05) is 54.4 Å². The Bertz CT molecular complexity index is 690. The molecule has 2 N–H and O–H groups in total. The van der Waals surface area contributed by atoms with Gasteiger partial charge in [-0.25, -0.2) is 4.79 Å². The van der Waals surface area contributed by atoms with E-state index in [1.54, 1.807) is 0 Å². The summed E-state index contributed by atoms with van der Waals surface area (Å²) in [6.45, 7) is 4.75. The lowest BCUT2D eigenvalue weighted by atomic mass is 9.64. The first-order chi connectivity index (χ1) is 11.1. The van der Waals surface area contributed by atoms with Crippen LogP contribution in [-0.4, -0.2) is 12.6 Å². The van der Waals surface area contributed by atoms with Gasteiger partial charge in [0.15, 0.2) is 0 Å². The van der Waals surface area contributed by atoms with Gasteiger partial charge in [0.05, 0.1) is 0 Å². The molecule has 1 fully saturated rings. The van der Waals surface area contributed by atoms with Gasteiger partial charge in [-0.15, -0.1) is 0 Å². The lowest BCUT2D eigenvalue weighted by molar-refractivity contribution is 0.222. The topological polar surface area (TPSA) is 41.1 Å². The molecule has 0 spiro atoms. The second-order valence-electron chi connectivity index (χ2n) is 6.63. The average Bonchev–Trinajstić information content (AvgIpc) is 2.50. The molecular weight excluding hydrogens is 284 g/mol. The summed E-state index contributed by atoms with van der Waals surface area (Å²) in [6, 6.07) is 16.4. The predicted molar refractivity (Wildman–Crippen MR) is 94.9 cm³/mol. The van der Waals surface area contributed by atoms with Crippen molar-refractivity contribution in [2.75, 3.05) is 11.9 Å². The third kappa shape index (κ3) is 3.39. The molecule has 1 aliphatic rings. The Morgan fingerprint density at radius 3 is 2.43 bits per heavy atom. The number of anilines is 1. The van der Waals surface area contributed by atoms with Gasteiger partial charge >= 0.3 is 6.03 Å². The van der Waals surface area contributed by atoms with Gasteiger partial charge in [0, 0.05) is 17.6 Å². The van der Waals surface area contributed by atoms with Gasteiger partial charge in [0.25, 0.3) is 0 Å². The highest BCUT2D eigenvalue weighted by molar-refractivity contribution is 5.90. The van der Waals surface area contributed by atoms with Crippen LogP contribution < -0.4 is 10.6 Å². The standard InChI is InChI=1S/C20H24N2O/c1-15-9-10-18(16(2)13-15)22-19(23)21-14-20(11-6-12-20)17-7-4-3-5-8-17/h3-5,7-10,13H,6,11-12,14H2,1-2H3,(H2,21,22,23). The van der Waals surface area contributed by atoms with Crippen molar-refractivity contribution in [3.8, 4) is 0 Å². The maximum Gasteiger partial charge on any atom is 0.319 e. The molecule has 0 radical (unpaired) electrons. The molecule has 0 atom stereocenters. The van der Waals surface area contributed by atoms with E-state index in [1.165, 1.54) is 17.5 Å². The van der Waals surface area contributed by atoms with Gasteiger partial charge in [-0.2, -0.15) is 0 Å². The highest BCUT2D eigenvalue weighted by Gasteiger charge is 2.38. The van der Waals surface area contributed by atoms with Crippen LogP contribution in [0.25, 0.3) is 0 Å². The number of hydrogen-bond donors (Lipinski definition) is 2. The molecule has 2 amide bonds. The fourth-order valence-electron chi connectivity index (χ4n) is 3.33. The molecule has 2 aromatic rings. The molecule has 0 unspecified atom stereocenters. The Balaban J connectivity index is 1.62. The summed E-state index contributed by atoms with van der Waals surface area (Å²) in [5, 5.41) is 6.02. The van der Waals surface area contributed by atoms with Crippen LogP contribution in [-0.2, 0) is 5.41 Å². The Hall–Kier alpha value is -2.29. The summed E-state index contributed by atoms with van der Waals surface area (Å²) in [4.78, 5) is 12.2. The third-order valence-corrected chi connectivity index (χ3v) is 4.91. The molecule has 2 aromatic carbocycles.